The second kappa shape index (κ2) is 8.26. The van der Waals surface area contributed by atoms with Crippen molar-refractivity contribution in [2.24, 2.45) is 5.41 Å². The Morgan fingerprint density at radius 3 is 2.52 bits per heavy atom. The van der Waals surface area contributed by atoms with E-state index in [0.717, 1.165) is 18.4 Å². The second-order valence-electron chi connectivity index (χ2n) is 8.13. The van der Waals surface area contributed by atoms with E-state index in [1.54, 1.807) is 13.0 Å². The Kier molecular flexibility index (Phi) is 6.00. The highest BCUT2D eigenvalue weighted by Crippen LogP contribution is 2.45. The molecule has 0 saturated heterocycles. The van der Waals surface area contributed by atoms with Crippen molar-refractivity contribution in [3.8, 4) is 0 Å². The third kappa shape index (κ3) is 4.59. The van der Waals surface area contributed by atoms with Gasteiger partial charge in [-0.1, -0.05) is 38.3 Å². The number of para-hydroxylation sites is 1. The molecule has 2 saturated carbocycles. The van der Waals surface area contributed by atoms with Gasteiger partial charge in [-0.25, -0.2) is 0 Å². The number of aromatic amines is 1. The third-order valence-corrected chi connectivity index (χ3v) is 5.90. The van der Waals surface area contributed by atoms with Crippen LogP contribution in [0.1, 0.15) is 63.1 Å². The van der Waals surface area contributed by atoms with Crippen molar-refractivity contribution in [1.82, 2.24) is 10.3 Å². The van der Waals surface area contributed by atoms with Crippen molar-refractivity contribution in [3.05, 3.63) is 45.7 Å². The fourth-order valence-corrected chi connectivity index (χ4v) is 3.56. The van der Waals surface area contributed by atoms with E-state index >= 15 is 0 Å². The van der Waals surface area contributed by atoms with Gasteiger partial charge in [-0.15, -0.1) is 0 Å². The summed E-state index contributed by atoms with van der Waals surface area (Å²) >= 11 is 0. The van der Waals surface area contributed by atoms with Crippen LogP contribution >= 0.6 is 0 Å². The normalized spacial score (nSPS) is 18.5. The molecule has 2 aliphatic rings. The molecule has 1 amide bonds. The lowest BCUT2D eigenvalue weighted by molar-refractivity contribution is -0.126. The largest absolute Gasteiger partial charge is 0.390 e. The van der Waals surface area contributed by atoms with Crippen LogP contribution in [0.15, 0.2) is 29.1 Å². The number of H-pyrrole nitrogens is 1. The molecule has 0 spiro atoms. The fraction of sp³-hybridized carbons (Fsp3) is 0.545. The molecule has 27 heavy (non-hydrogen) atoms. The predicted molar refractivity (Wildman–Crippen MR) is 108 cm³/mol. The summed E-state index contributed by atoms with van der Waals surface area (Å²) in [5, 5.41) is 12.9. The topological polar surface area (TPSA) is 82.2 Å². The highest BCUT2D eigenvalue weighted by atomic mass is 16.3. The molecule has 0 aliphatic heterocycles. The second-order valence-corrected chi connectivity index (χ2v) is 8.13. The average molecular weight is 370 g/mol. The highest BCUT2D eigenvalue weighted by Gasteiger charge is 2.45. The van der Waals surface area contributed by atoms with Crippen LogP contribution in [0.3, 0.4) is 0 Å². The number of amides is 1. The molecular weight excluding hydrogens is 340 g/mol. The zero-order chi connectivity index (χ0) is 19.4. The minimum absolute atomic E-state index is 0.0107. The molecule has 146 valence electrons. The summed E-state index contributed by atoms with van der Waals surface area (Å²) < 4.78 is 0. The molecule has 2 aliphatic carbocycles. The maximum Gasteiger partial charge on any atom is 0.226 e. The number of aliphatic hydroxyl groups excluding tert-OH is 1. The molecule has 0 bridgehead atoms. The molecule has 0 atom stereocenters. The van der Waals surface area contributed by atoms with Crippen LogP contribution in [0, 0.1) is 12.3 Å². The van der Waals surface area contributed by atoms with Crippen LogP contribution < -0.4 is 10.7 Å². The van der Waals surface area contributed by atoms with Crippen molar-refractivity contribution >= 4 is 16.8 Å². The molecule has 5 heteroatoms. The molecule has 0 unspecified atom stereocenters. The van der Waals surface area contributed by atoms with E-state index in [1.807, 2.05) is 18.2 Å². The lowest BCUT2D eigenvalue weighted by atomic mass is 9.95. The zero-order valence-electron chi connectivity index (χ0n) is 16.3. The van der Waals surface area contributed by atoms with Gasteiger partial charge in [0, 0.05) is 33.6 Å². The van der Waals surface area contributed by atoms with Gasteiger partial charge in [0.2, 0.25) is 5.91 Å². The standard InChI is InChI=1S/C11H11NO2.C11H19NO/c1-7-10(6-13)12-9-5-3-2-4-8(9)11(7)14;1-11(7-8-11)10(13)12-9-5-3-2-4-6-9/h2-5,13H,6H2,1H3,(H,12,14);9H,2-8H2,1H3,(H,12,13). The summed E-state index contributed by atoms with van der Waals surface area (Å²) in [5.74, 6) is 0.305. The van der Waals surface area contributed by atoms with E-state index in [0.29, 0.717) is 28.6 Å². The SMILES string of the molecule is CC1(C(=O)NC2CCCCC2)CC1.Cc1c(CO)[nH]c2ccccc2c1=O. The van der Waals surface area contributed by atoms with Crippen LogP contribution in [-0.4, -0.2) is 22.0 Å². The van der Waals surface area contributed by atoms with Crippen LogP contribution in [0.4, 0.5) is 0 Å². The maximum absolute atomic E-state index is 11.8. The third-order valence-electron chi connectivity index (χ3n) is 5.90. The first-order valence-corrected chi connectivity index (χ1v) is 9.97. The number of aromatic nitrogens is 1. The number of pyridine rings is 1. The Hall–Kier alpha value is -2.14. The molecule has 1 aromatic carbocycles. The number of benzene rings is 1. The van der Waals surface area contributed by atoms with Gasteiger partial charge in [0.1, 0.15) is 0 Å². The number of aliphatic hydroxyl groups is 1. The van der Waals surface area contributed by atoms with Gasteiger partial charge in [0.05, 0.1) is 6.61 Å². The van der Waals surface area contributed by atoms with Crippen molar-refractivity contribution < 1.29 is 9.90 Å². The minimum Gasteiger partial charge on any atom is -0.390 e. The van der Waals surface area contributed by atoms with Crippen molar-refractivity contribution in [1.29, 1.82) is 0 Å². The first kappa shape index (κ1) is 19.6. The molecule has 4 rings (SSSR count). The van der Waals surface area contributed by atoms with Crippen LogP contribution in [0.2, 0.25) is 0 Å². The summed E-state index contributed by atoms with van der Waals surface area (Å²) in [7, 11) is 0. The smallest absolute Gasteiger partial charge is 0.226 e. The molecule has 2 fully saturated rings. The lowest BCUT2D eigenvalue weighted by Gasteiger charge is -2.24. The molecule has 0 radical (unpaired) electrons. The fourth-order valence-electron chi connectivity index (χ4n) is 3.56. The Balaban J connectivity index is 0.000000156. The number of carbonyl (C=O) groups excluding carboxylic acids is 1. The first-order chi connectivity index (χ1) is 12.9. The predicted octanol–water partition coefficient (Wildman–Crippen LogP) is 3.56. The number of nitrogens with one attached hydrogen (secondary N) is 2. The number of fused-ring (bicyclic) bond motifs is 1. The zero-order valence-corrected chi connectivity index (χ0v) is 16.3. The van der Waals surface area contributed by atoms with Gasteiger partial charge in [0.15, 0.2) is 5.43 Å². The summed E-state index contributed by atoms with van der Waals surface area (Å²) in [6.07, 6.45) is 8.51. The molecular formula is C22H30N2O3. The quantitative estimate of drug-likeness (QED) is 0.772. The summed E-state index contributed by atoms with van der Waals surface area (Å²) in [5.41, 5.74) is 1.95. The summed E-state index contributed by atoms with van der Waals surface area (Å²) in [4.78, 5) is 26.5. The average Bonchev–Trinajstić information content (AvgIpc) is 3.45. The van der Waals surface area contributed by atoms with Crippen LogP contribution in [0.25, 0.3) is 10.9 Å². The van der Waals surface area contributed by atoms with Gasteiger partial charge in [-0.3, -0.25) is 9.59 Å². The first-order valence-electron chi connectivity index (χ1n) is 9.97. The Morgan fingerprint density at radius 1 is 1.22 bits per heavy atom. The molecule has 5 nitrogen and oxygen atoms in total. The Morgan fingerprint density at radius 2 is 1.89 bits per heavy atom. The van der Waals surface area contributed by atoms with Gasteiger partial charge in [0.25, 0.3) is 0 Å². The van der Waals surface area contributed by atoms with E-state index in [-0.39, 0.29) is 17.5 Å². The number of rotatable bonds is 3. The number of hydrogen-bond acceptors (Lipinski definition) is 3. The van der Waals surface area contributed by atoms with E-state index in [2.05, 4.69) is 17.2 Å². The van der Waals surface area contributed by atoms with E-state index in [9.17, 15) is 9.59 Å². The number of hydrogen-bond donors (Lipinski definition) is 3. The van der Waals surface area contributed by atoms with E-state index in [1.165, 1.54) is 32.1 Å². The van der Waals surface area contributed by atoms with E-state index < -0.39 is 0 Å². The maximum atomic E-state index is 11.8. The van der Waals surface area contributed by atoms with Gasteiger partial charge < -0.3 is 15.4 Å². The molecule has 1 aromatic heterocycles. The van der Waals surface area contributed by atoms with Gasteiger partial charge >= 0.3 is 0 Å². The minimum atomic E-state index is -0.133. The molecule has 2 aromatic rings. The molecule has 1 heterocycles. The Labute approximate surface area is 160 Å². The van der Waals surface area contributed by atoms with E-state index in [4.69, 9.17) is 5.11 Å². The van der Waals surface area contributed by atoms with Crippen LogP contribution in [0.5, 0.6) is 0 Å². The monoisotopic (exact) mass is 370 g/mol. The van der Waals surface area contributed by atoms with Crippen molar-refractivity contribution in [2.75, 3.05) is 0 Å². The summed E-state index contributed by atoms with van der Waals surface area (Å²) in [6, 6.07) is 7.78. The van der Waals surface area contributed by atoms with Gasteiger partial charge in [-0.05, 0) is 44.7 Å². The lowest BCUT2D eigenvalue weighted by Crippen LogP contribution is -2.39. The summed E-state index contributed by atoms with van der Waals surface area (Å²) in [6.45, 7) is 3.66. The van der Waals surface area contributed by atoms with Gasteiger partial charge in [-0.2, -0.15) is 0 Å². The van der Waals surface area contributed by atoms with Crippen LogP contribution in [-0.2, 0) is 11.4 Å². The number of carbonyl (C=O) groups is 1. The highest BCUT2D eigenvalue weighted by molar-refractivity contribution is 5.85. The Bertz CT molecular complexity index is 861. The van der Waals surface area contributed by atoms with Crippen molar-refractivity contribution in [2.45, 2.75) is 71.4 Å². The van der Waals surface area contributed by atoms with Crippen molar-refractivity contribution in [3.63, 3.8) is 0 Å². The molecule has 3 N–H and O–H groups in total.